The average molecular weight is 254 g/mol. The maximum absolute atomic E-state index is 12.4. The Morgan fingerprint density at radius 3 is 3.00 bits per heavy atom. The Kier molecular flexibility index (Phi) is 2.71. The summed E-state index contributed by atoms with van der Waals surface area (Å²) in [5, 5.41) is 1.03. The molecular formula is C15H14N2O2. The van der Waals surface area contributed by atoms with E-state index in [1.165, 1.54) is 17.7 Å². The van der Waals surface area contributed by atoms with E-state index in [-0.39, 0.29) is 5.56 Å². The van der Waals surface area contributed by atoms with Crippen molar-refractivity contribution in [3.8, 4) is 0 Å². The van der Waals surface area contributed by atoms with Crippen molar-refractivity contribution in [2.24, 2.45) is 5.73 Å². The molecule has 0 radical (unpaired) electrons. The molecule has 2 aromatic rings. The van der Waals surface area contributed by atoms with Gasteiger partial charge in [0.05, 0.1) is 5.52 Å². The summed E-state index contributed by atoms with van der Waals surface area (Å²) in [6.45, 7) is 0.727. The normalized spacial score (nSPS) is 14.1. The van der Waals surface area contributed by atoms with E-state index in [1.807, 2.05) is 18.2 Å². The van der Waals surface area contributed by atoms with E-state index in [0.717, 1.165) is 30.3 Å². The number of aryl methyl sites for hydroxylation is 2. The molecule has 0 saturated heterocycles. The zero-order valence-corrected chi connectivity index (χ0v) is 10.4. The number of hydrogen-bond acceptors (Lipinski definition) is 2. The standard InChI is InChI=1S/C15H14N2O2/c16-13(18)7-6-12-9-11-4-1-3-10-5-2-8-17(14(10)11)15(12)19/h1,3-4,6-7,9H,2,5,8H2,(H2,16,18)/b7-6-. The third kappa shape index (κ3) is 1.95. The molecule has 0 spiro atoms. The quantitative estimate of drug-likeness (QED) is 0.824. The van der Waals surface area contributed by atoms with Gasteiger partial charge in [0.25, 0.3) is 5.56 Å². The molecule has 0 bridgehead atoms. The fourth-order valence-corrected chi connectivity index (χ4v) is 2.68. The molecule has 2 N–H and O–H groups in total. The first-order chi connectivity index (χ1) is 9.16. The van der Waals surface area contributed by atoms with Gasteiger partial charge in [-0.3, -0.25) is 9.59 Å². The number of nitrogens with zero attached hydrogens (tertiary/aromatic N) is 1. The predicted molar refractivity (Wildman–Crippen MR) is 74.8 cm³/mol. The highest BCUT2D eigenvalue weighted by Crippen LogP contribution is 2.24. The molecule has 4 heteroatoms. The Morgan fingerprint density at radius 1 is 1.37 bits per heavy atom. The summed E-state index contributed by atoms with van der Waals surface area (Å²) in [4.78, 5) is 23.2. The number of primary amides is 1. The van der Waals surface area contributed by atoms with Crippen LogP contribution in [0.2, 0.25) is 0 Å². The Morgan fingerprint density at radius 2 is 2.21 bits per heavy atom. The fraction of sp³-hybridized carbons (Fsp3) is 0.200. The number of para-hydroxylation sites is 1. The van der Waals surface area contributed by atoms with Crippen LogP contribution >= 0.6 is 0 Å². The number of hydrogen-bond donors (Lipinski definition) is 1. The van der Waals surface area contributed by atoms with Crippen LogP contribution in [0.5, 0.6) is 0 Å². The molecule has 4 nitrogen and oxygen atoms in total. The van der Waals surface area contributed by atoms with Crippen molar-refractivity contribution in [3.63, 3.8) is 0 Å². The highest BCUT2D eigenvalue weighted by atomic mass is 16.1. The van der Waals surface area contributed by atoms with Gasteiger partial charge in [-0.1, -0.05) is 18.2 Å². The minimum atomic E-state index is -0.549. The van der Waals surface area contributed by atoms with Crippen LogP contribution < -0.4 is 11.3 Å². The van der Waals surface area contributed by atoms with Crippen molar-refractivity contribution in [3.05, 3.63) is 51.8 Å². The topological polar surface area (TPSA) is 65.1 Å². The van der Waals surface area contributed by atoms with Gasteiger partial charge in [-0.25, -0.2) is 0 Å². The Labute approximate surface area is 110 Å². The Bertz CT molecular complexity index is 757. The van der Waals surface area contributed by atoms with Crippen LogP contribution in [0, 0.1) is 0 Å². The summed E-state index contributed by atoms with van der Waals surface area (Å²) < 4.78 is 1.80. The third-order valence-electron chi connectivity index (χ3n) is 3.48. The molecule has 0 aliphatic carbocycles. The van der Waals surface area contributed by atoms with Crippen molar-refractivity contribution in [1.82, 2.24) is 4.57 Å². The van der Waals surface area contributed by atoms with Crippen molar-refractivity contribution < 1.29 is 4.79 Å². The SMILES string of the molecule is NC(=O)/C=C\c1cc2cccc3c2n(c1=O)CCC3. The number of carbonyl (C=O) groups is 1. The average Bonchev–Trinajstić information content (AvgIpc) is 2.41. The number of nitrogens with two attached hydrogens (primary N) is 1. The number of carbonyl (C=O) groups excluding carboxylic acids is 1. The summed E-state index contributed by atoms with van der Waals surface area (Å²) in [6.07, 6.45) is 4.69. The maximum atomic E-state index is 12.4. The minimum Gasteiger partial charge on any atom is -0.366 e. The lowest BCUT2D eigenvalue weighted by Crippen LogP contribution is -2.26. The van der Waals surface area contributed by atoms with Gasteiger partial charge in [0, 0.05) is 18.2 Å². The summed E-state index contributed by atoms with van der Waals surface area (Å²) >= 11 is 0. The van der Waals surface area contributed by atoms with Crippen LogP contribution in [0.15, 0.2) is 35.1 Å². The molecule has 0 unspecified atom stereocenters. The van der Waals surface area contributed by atoms with Crippen LogP contribution in [-0.2, 0) is 17.8 Å². The molecule has 1 amide bonds. The monoisotopic (exact) mass is 254 g/mol. The first kappa shape index (κ1) is 11.7. The molecule has 96 valence electrons. The summed E-state index contributed by atoms with van der Waals surface area (Å²) in [5.74, 6) is -0.549. The largest absolute Gasteiger partial charge is 0.366 e. The molecule has 1 aromatic carbocycles. The highest BCUT2D eigenvalue weighted by Gasteiger charge is 2.14. The van der Waals surface area contributed by atoms with Crippen LogP contribution in [0.3, 0.4) is 0 Å². The van der Waals surface area contributed by atoms with Gasteiger partial charge < -0.3 is 10.3 Å². The molecule has 1 aromatic heterocycles. The second-order valence-corrected chi connectivity index (χ2v) is 4.75. The number of aromatic nitrogens is 1. The molecule has 1 aliphatic heterocycles. The Balaban J connectivity index is 2.31. The van der Waals surface area contributed by atoms with Crippen molar-refractivity contribution in [2.75, 3.05) is 0 Å². The number of pyridine rings is 1. The number of amides is 1. The van der Waals surface area contributed by atoms with Gasteiger partial charge in [-0.05, 0) is 35.9 Å². The molecule has 2 heterocycles. The van der Waals surface area contributed by atoms with Crippen LogP contribution in [0.25, 0.3) is 17.0 Å². The van der Waals surface area contributed by atoms with Crippen LogP contribution in [0.1, 0.15) is 17.5 Å². The van der Waals surface area contributed by atoms with Crippen LogP contribution in [-0.4, -0.2) is 10.5 Å². The van der Waals surface area contributed by atoms with E-state index in [2.05, 4.69) is 6.07 Å². The van der Waals surface area contributed by atoms with Crippen LogP contribution in [0.4, 0.5) is 0 Å². The number of benzene rings is 1. The molecule has 0 fully saturated rings. The smallest absolute Gasteiger partial charge is 0.258 e. The van der Waals surface area contributed by atoms with Gasteiger partial charge in [0.1, 0.15) is 0 Å². The third-order valence-corrected chi connectivity index (χ3v) is 3.48. The fourth-order valence-electron chi connectivity index (χ4n) is 2.68. The van der Waals surface area contributed by atoms with E-state index < -0.39 is 5.91 Å². The van der Waals surface area contributed by atoms with Crippen molar-refractivity contribution in [1.29, 1.82) is 0 Å². The second kappa shape index (κ2) is 4.39. The van der Waals surface area contributed by atoms with E-state index in [9.17, 15) is 9.59 Å². The lowest BCUT2D eigenvalue weighted by atomic mass is 10.00. The van der Waals surface area contributed by atoms with E-state index in [0.29, 0.717) is 5.56 Å². The highest BCUT2D eigenvalue weighted by molar-refractivity contribution is 5.91. The summed E-state index contributed by atoms with van der Waals surface area (Å²) in [5.41, 5.74) is 7.76. The molecule has 0 saturated carbocycles. The second-order valence-electron chi connectivity index (χ2n) is 4.75. The Hall–Kier alpha value is -2.36. The predicted octanol–water partition coefficient (Wildman–Crippen LogP) is 1.45. The van der Waals surface area contributed by atoms with Gasteiger partial charge in [-0.15, -0.1) is 0 Å². The lowest BCUT2D eigenvalue weighted by molar-refractivity contribution is -0.113. The minimum absolute atomic E-state index is 0.0582. The molecular weight excluding hydrogens is 240 g/mol. The lowest BCUT2D eigenvalue weighted by Gasteiger charge is -2.19. The van der Waals surface area contributed by atoms with E-state index >= 15 is 0 Å². The first-order valence-electron chi connectivity index (χ1n) is 6.30. The van der Waals surface area contributed by atoms with Gasteiger partial charge in [-0.2, -0.15) is 0 Å². The van der Waals surface area contributed by atoms with Gasteiger partial charge >= 0.3 is 0 Å². The first-order valence-corrected chi connectivity index (χ1v) is 6.30. The zero-order chi connectivity index (χ0) is 13.4. The molecule has 3 rings (SSSR count). The molecule has 19 heavy (non-hydrogen) atoms. The molecule has 0 atom stereocenters. The van der Waals surface area contributed by atoms with Crippen molar-refractivity contribution >= 4 is 22.9 Å². The van der Waals surface area contributed by atoms with Gasteiger partial charge in [0.15, 0.2) is 0 Å². The van der Waals surface area contributed by atoms with Crippen molar-refractivity contribution in [2.45, 2.75) is 19.4 Å². The van der Waals surface area contributed by atoms with E-state index in [4.69, 9.17) is 5.73 Å². The zero-order valence-electron chi connectivity index (χ0n) is 10.4. The summed E-state index contributed by atoms with van der Waals surface area (Å²) in [6, 6.07) is 7.87. The van der Waals surface area contributed by atoms with E-state index in [1.54, 1.807) is 4.57 Å². The number of rotatable bonds is 2. The summed E-state index contributed by atoms with van der Waals surface area (Å²) in [7, 11) is 0. The van der Waals surface area contributed by atoms with Gasteiger partial charge in [0.2, 0.25) is 5.91 Å². The maximum Gasteiger partial charge on any atom is 0.258 e. The molecule has 1 aliphatic rings.